The molecular weight excluding hydrogens is 312 g/mol. The number of carbonyl (C=O) groups is 2. The van der Waals surface area contributed by atoms with E-state index in [2.05, 4.69) is 4.98 Å². The second-order valence-electron chi connectivity index (χ2n) is 5.94. The lowest BCUT2D eigenvalue weighted by Gasteiger charge is -2.22. The third kappa shape index (κ3) is 3.49. The molecule has 0 radical (unpaired) electrons. The molecule has 7 heteroatoms. The molecular formula is C14H17ClN2O3S. The van der Waals surface area contributed by atoms with Gasteiger partial charge in [-0.15, -0.1) is 11.8 Å². The first-order valence-corrected chi connectivity index (χ1v) is 8.03. The first kappa shape index (κ1) is 16.1. The van der Waals surface area contributed by atoms with Crippen LogP contribution in [0.2, 0.25) is 5.15 Å². The zero-order valence-corrected chi connectivity index (χ0v) is 13.7. The van der Waals surface area contributed by atoms with E-state index in [1.165, 1.54) is 22.7 Å². The normalized spacial score (nSPS) is 18.9. The van der Waals surface area contributed by atoms with Crippen LogP contribution in [0, 0.1) is 0 Å². The summed E-state index contributed by atoms with van der Waals surface area (Å²) in [4.78, 5) is 29.4. The Morgan fingerprint density at radius 1 is 1.43 bits per heavy atom. The number of carboxylic acids is 1. The Hall–Kier alpha value is -1.27. The minimum Gasteiger partial charge on any atom is -0.480 e. The maximum Gasteiger partial charge on any atom is 0.327 e. The van der Waals surface area contributed by atoms with Crippen molar-refractivity contribution >= 4 is 35.2 Å². The van der Waals surface area contributed by atoms with E-state index in [1.54, 1.807) is 6.07 Å². The molecule has 0 unspecified atom stereocenters. The van der Waals surface area contributed by atoms with Gasteiger partial charge in [-0.1, -0.05) is 32.4 Å². The van der Waals surface area contributed by atoms with Gasteiger partial charge in [-0.25, -0.2) is 9.78 Å². The van der Waals surface area contributed by atoms with Crippen molar-refractivity contribution in [3.63, 3.8) is 0 Å². The molecule has 0 bridgehead atoms. The van der Waals surface area contributed by atoms with E-state index in [0.29, 0.717) is 22.9 Å². The number of halogens is 1. The van der Waals surface area contributed by atoms with Gasteiger partial charge in [0, 0.05) is 22.4 Å². The monoisotopic (exact) mass is 328 g/mol. The third-order valence-electron chi connectivity index (χ3n) is 3.24. The number of carboxylic acid groups (broad SMARTS) is 1. The lowest BCUT2D eigenvalue weighted by molar-refractivity contribution is -0.140. The molecule has 1 N–H and O–H groups in total. The highest BCUT2D eigenvalue weighted by atomic mass is 35.5. The van der Waals surface area contributed by atoms with Crippen LogP contribution in [0.4, 0.5) is 0 Å². The lowest BCUT2D eigenvalue weighted by atomic mass is 9.90. The van der Waals surface area contributed by atoms with E-state index in [9.17, 15) is 14.7 Å². The summed E-state index contributed by atoms with van der Waals surface area (Å²) >= 11 is 7.43. The van der Waals surface area contributed by atoms with Crippen LogP contribution in [0.3, 0.4) is 0 Å². The Bertz CT molecular complexity index is 586. The van der Waals surface area contributed by atoms with E-state index in [0.717, 1.165) is 0 Å². The maximum atomic E-state index is 12.6. The molecule has 114 valence electrons. The molecule has 1 aliphatic heterocycles. The number of pyridine rings is 1. The number of rotatable bonds is 2. The predicted octanol–water partition coefficient (Wildman–Crippen LogP) is 2.63. The molecule has 1 amide bonds. The number of hydrogen-bond donors (Lipinski definition) is 1. The number of nitrogens with zero attached hydrogens (tertiary/aromatic N) is 2. The van der Waals surface area contributed by atoms with E-state index in [1.807, 2.05) is 20.8 Å². The largest absolute Gasteiger partial charge is 0.480 e. The average molecular weight is 329 g/mol. The summed E-state index contributed by atoms with van der Waals surface area (Å²) in [6.45, 7) is 5.93. The van der Waals surface area contributed by atoms with Gasteiger partial charge in [-0.3, -0.25) is 4.79 Å². The van der Waals surface area contributed by atoms with Crippen molar-refractivity contribution in [2.24, 2.45) is 0 Å². The smallest absolute Gasteiger partial charge is 0.327 e. The molecule has 1 fully saturated rings. The summed E-state index contributed by atoms with van der Waals surface area (Å²) in [5, 5.41) is 9.41. The predicted molar refractivity (Wildman–Crippen MR) is 82.9 cm³/mol. The molecule has 2 heterocycles. The van der Waals surface area contributed by atoms with Crippen LogP contribution in [0.1, 0.15) is 36.8 Å². The minimum absolute atomic E-state index is 0.240. The van der Waals surface area contributed by atoms with Crippen LogP contribution >= 0.6 is 23.4 Å². The first-order valence-electron chi connectivity index (χ1n) is 6.50. The molecule has 1 atom stereocenters. The fraction of sp³-hybridized carbons (Fsp3) is 0.500. The fourth-order valence-corrected chi connectivity index (χ4v) is 3.37. The van der Waals surface area contributed by atoms with Crippen molar-refractivity contribution in [2.45, 2.75) is 32.2 Å². The van der Waals surface area contributed by atoms with Crippen LogP contribution in [0.25, 0.3) is 0 Å². The third-order valence-corrected chi connectivity index (χ3v) is 4.44. The lowest BCUT2D eigenvalue weighted by Crippen LogP contribution is -2.41. The van der Waals surface area contributed by atoms with Crippen LogP contribution < -0.4 is 0 Å². The van der Waals surface area contributed by atoms with Crippen LogP contribution in [0.15, 0.2) is 12.1 Å². The van der Waals surface area contributed by atoms with Crippen molar-refractivity contribution < 1.29 is 14.7 Å². The molecule has 2 rings (SSSR count). The van der Waals surface area contributed by atoms with Gasteiger partial charge in [0.05, 0.1) is 5.88 Å². The van der Waals surface area contributed by atoms with Crippen molar-refractivity contribution in [1.29, 1.82) is 0 Å². The Morgan fingerprint density at radius 3 is 2.67 bits per heavy atom. The Balaban J connectivity index is 2.35. The Kier molecular flexibility index (Phi) is 4.49. The zero-order chi connectivity index (χ0) is 15.8. The number of aliphatic carboxylic acids is 1. The van der Waals surface area contributed by atoms with Crippen LogP contribution in [0.5, 0.6) is 0 Å². The molecule has 1 saturated heterocycles. The van der Waals surface area contributed by atoms with Gasteiger partial charge in [0.1, 0.15) is 11.2 Å². The molecule has 5 nitrogen and oxygen atoms in total. The summed E-state index contributed by atoms with van der Waals surface area (Å²) < 4.78 is 0. The van der Waals surface area contributed by atoms with Gasteiger partial charge in [-0.05, 0) is 12.1 Å². The zero-order valence-electron chi connectivity index (χ0n) is 12.1. The van der Waals surface area contributed by atoms with Gasteiger partial charge in [0.2, 0.25) is 0 Å². The van der Waals surface area contributed by atoms with E-state index in [-0.39, 0.29) is 16.5 Å². The quantitative estimate of drug-likeness (QED) is 0.845. The van der Waals surface area contributed by atoms with Gasteiger partial charge in [0.15, 0.2) is 0 Å². The number of thioether (sulfide) groups is 1. The summed E-state index contributed by atoms with van der Waals surface area (Å²) in [6, 6.07) is 2.39. The molecule has 1 aliphatic rings. The summed E-state index contributed by atoms with van der Waals surface area (Å²) in [6.07, 6.45) is 0. The molecule has 0 aliphatic carbocycles. The SMILES string of the molecule is CC(C)(C)c1cc(C(=O)N2CSC[C@H]2C(=O)O)cc(Cl)n1. The van der Waals surface area contributed by atoms with Crippen molar-refractivity contribution in [3.05, 3.63) is 28.5 Å². The number of carbonyl (C=O) groups excluding carboxylic acids is 1. The first-order chi connectivity index (χ1) is 9.70. The summed E-state index contributed by atoms with van der Waals surface area (Å²) in [7, 11) is 0. The van der Waals surface area contributed by atoms with Gasteiger partial charge in [0.25, 0.3) is 5.91 Å². The molecule has 1 aromatic rings. The molecule has 21 heavy (non-hydrogen) atoms. The molecule has 1 aromatic heterocycles. The van der Waals surface area contributed by atoms with Gasteiger partial charge < -0.3 is 10.0 Å². The summed E-state index contributed by atoms with van der Waals surface area (Å²) in [5.41, 5.74) is 0.844. The minimum atomic E-state index is -0.982. The van der Waals surface area contributed by atoms with Crippen molar-refractivity contribution in [3.8, 4) is 0 Å². The van der Waals surface area contributed by atoms with E-state index in [4.69, 9.17) is 11.6 Å². The summed E-state index contributed by atoms with van der Waals surface area (Å²) in [5.74, 6) is -0.515. The van der Waals surface area contributed by atoms with E-state index >= 15 is 0 Å². The highest BCUT2D eigenvalue weighted by Crippen LogP contribution is 2.27. The second-order valence-corrected chi connectivity index (χ2v) is 7.33. The second kappa shape index (κ2) is 5.85. The Morgan fingerprint density at radius 2 is 2.10 bits per heavy atom. The van der Waals surface area contributed by atoms with Crippen LogP contribution in [-0.4, -0.2) is 44.5 Å². The number of amides is 1. The standard InChI is InChI=1S/C14H17ClN2O3S/c1-14(2,3)10-4-8(5-11(15)16-10)12(18)17-7-21-6-9(17)13(19)20/h4-5,9H,6-7H2,1-3H3,(H,19,20)/t9-/m0/s1. The van der Waals surface area contributed by atoms with Crippen molar-refractivity contribution in [2.75, 3.05) is 11.6 Å². The van der Waals surface area contributed by atoms with Gasteiger partial charge in [-0.2, -0.15) is 0 Å². The molecule has 0 aromatic carbocycles. The topological polar surface area (TPSA) is 70.5 Å². The Labute approximate surface area is 132 Å². The van der Waals surface area contributed by atoms with E-state index < -0.39 is 12.0 Å². The highest BCUT2D eigenvalue weighted by Gasteiger charge is 2.35. The fourth-order valence-electron chi connectivity index (χ4n) is 2.02. The molecule has 0 saturated carbocycles. The van der Waals surface area contributed by atoms with Crippen LogP contribution in [-0.2, 0) is 10.2 Å². The highest BCUT2D eigenvalue weighted by molar-refractivity contribution is 7.99. The number of aromatic nitrogens is 1. The maximum absolute atomic E-state index is 12.6. The average Bonchev–Trinajstić information content (AvgIpc) is 2.85. The van der Waals surface area contributed by atoms with Gasteiger partial charge >= 0.3 is 5.97 Å². The number of hydrogen-bond acceptors (Lipinski definition) is 4. The van der Waals surface area contributed by atoms with Crippen molar-refractivity contribution in [1.82, 2.24) is 9.88 Å². The molecule has 0 spiro atoms.